The Labute approximate surface area is 203 Å². The predicted molar refractivity (Wildman–Crippen MR) is 126 cm³/mol. The fourth-order valence-corrected chi connectivity index (χ4v) is 5.43. The summed E-state index contributed by atoms with van der Waals surface area (Å²) in [5, 5.41) is 10.2. The van der Waals surface area contributed by atoms with E-state index in [1.54, 1.807) is 22.9 Å². The number of rotatable bonds is 7. The maximum atomic E-state index is 13.3. The third kappa shape index (κ3) is 4.53. The number of carboxylic acid groups (broad SMARTS) is 1. The van der Waals surface area contributed by atoms with E-state index < -0.39 is 28.4 Å². The van der Waals surface area contributed by atoms with Crippen molar-refractivity contribution in [3.63, 3.8) is 0 Å². The van der Waals surface area contributed by atoms with Crippen LogP contribution in [0.15, 0.2) is 66.0 Å². The molecule has 10 nitrogen and oxygen atoms in total. The van der Waals surface area contributed by atoms with Crippen LogP contribution in [0.1, 0.15) is 10.5 Å². The number of halogens is 2. The van der Waals surface area contributed by atoms with Gasteiger partial charge in [-0.3, -0.25) is 18.5 Å². The lowest BCUT2D eigenvalue weighted by Crippen LogP contribution is -2.35. The van der Waals surface area contributed by atoms with Crippen LogP contribution in [0, 0.1) is 0 Å². The number of hydrogen-bond donors (Lipinski definition) is 2. The van der Waals surface area contributed by atoms with Crippen molar-refractivity contribution >= 4 is 61.7 Å². The van der Waals surface area contributed by atoms with Crippen molar-refractivity contribution < 1.29 is 23.1 Å². The smallest absolute Gasteiger partial charge is 0.324 e. The molecule has 0 spiro atoms. The van der Waals surface area contributed by atoms with Crippen LogP contribution in [0.2, 0.25) is 10.0 Å². The summed E-state index contributed by atoms with van der Waals surface area (Å²) in [4.78, 5) is 30.6. The molecule has 13 heteroatoms. The highest BCUT2D eigenvalue weighted by Gasteiger charge is 2.28. The van der Waals surface area contributed by atoms with Gasteiger partial charge in [0.15, 0.2) is 5.82 Å². The van der Waals surface area contributed by atoms with Gasteiger partial charge < -0.3 is 10.8 Å². The number of hydrogen-bond acceptors (Lipinski definition) is 6. The summed E-state index contributed by atoms with van der Waals surface area (Å²) < 4.78 is 29.0. The summed E-state index contributed by atoms with van der Waals surface area (Å²) in [5.41, 5.74) is 5.97. The number of sulfonamides is 1. The highest BCUT2D eigenvalue weighted by Crippen LogP contribution is 2.31. The zero-order valence-electron chi connectivity index (χ0n) is 17.1. The minimum Gasteiger partial charge on any atom is -0.480 e. The molecule has 0 aliphatic heterocycles. The Balaban J connectivity index is 1.78. The lowest BCUT2D eigenvalue weighted by atomic mass is 10.2. The van der Waals surface area contributed by atoms with Crippen LogP contribution >= 0.6 is 23.2 Å². The third-order valence-corrected chi connectivity index (χ3v) is 6.99. The zero-order valence-corrected chi connectivity index (χ0v) is 19.4. The van der Waals surface area contributed by atoms with E-state index in [4.69, 9.17) is 28.9 Å². The molecule has 0 atom stereocenters. The Hall–Kier alpha value is -3.67. The third-order valence-electron chi connectivity index (χ3n) is 4.80. The largest absolute Gasteiger partial charge is 0.480 e. The molecule has 0 unspecified atom stereocenters. The molecule has 174 valence electrons. The van der Waals surface area contributed by atoms with Crippen LogP contribution in [0.5, 0.6) is 0 Å². The SMILES string of the molecule is NC(=O)c1cnc(-n2ccc3cc(N(CC(=O)O)S(=O)(=O)c4cc(Cl)cc(Cl)c4)ccc32)cn1. The number of carbonyl (C=O) groups is 2. The number of carboxylic acids is 1. The fourth-order valence-electron chi connectivity index (χ4n) is 3.30. The van der Waals surface area contributed by atoms with Crippen molar-refractivity contribution in [2.45, 2.75) is 4.90 Å². The summed E-state index contributed by atoms with van der Waals surface area (Å²) >= 11 is 11.9. The molecule has 0 bridgehead atoms. The second-order valence-electron chi connectivity index (χ2n) is 7.06. The predicted octanol–water partition coefficient (Wildman–Crippen LogP) is 3.11. The minimum absolute atomic E-state index is 0.0122. The molecule has 34 heavy (non-hydrogen) atoms. The highest BCUT2D eigenvalue weighted by molar-refractivity contribution is 7.92. The van der Waals surface area contributed by atoms with Crippen molar-refractivity contribution in [1.82, 2.24) is 14.5 Å². The van der Waals surface area contributed by atoms with Crippen molar-refractivity contribution in [3.8, 4) is 5.82 Å². The fraction of sp³-hybridized carbons (Fsp3) is 0.0476. The van der Waals surface area contributed by atoms with Gasteiger partial charge in [0.2, 0.25) is 0 Å². The molecule has 1 amide bonds. The van der Waals surface area contributed by atoms with Crippen LogP contribution in [-0.2, 0) is 14.8 Å². The van der Waals surface area contributed by atoms with Crippen LogP contribution in [0.3, 0.4) is 0 Å². The van der Waals surface area contributed by atoms with E-state index in [9.17, 15) is 23.1 Å². The first-order valence-corrected chi connectivity index (χ1v) is 11.7. The van der Waals surface area contributed by atoms with E-state index in [-0.39, 0.29) is 26.3 Å². The number of aromatic nitrogens is 3. The van der Waals surface area contributed by atoms with E-state index in [1.807, 2.05) is 0 Å². The van der Waals surface area contributed by atoms with E-state index in [0.29, 0.717) is 16.7 Å². The van der Waals surface area contributed by atoms with Gasteiger partial charge in [-0.05, 0) is 42.5 Å². The maximum absolute atomic E-state index is 13.3. The number of benzene rings is 2. The van der Waals surface area contributed by atoms with Crippen LogP contribution in [0.4, 0.5) is 5.69 Å². The number of anilines is 1. The number of fused-ring (bicyclic) bond motifs is 1. The number of carbonyl (C=O) groups excluding carboxylic acids is 1. The highest BCUT2D eigenvalue weighted by atomic mass is 35.5. The first-order valence-electron chi connectivity index (χ1n) is 9.50. The lowest BCUT2D eigenvalue weighted by molar-refractivity contribution is -0.135. The van der Waals surface area contributed by atoms with Gasteiger partial charge in [-0.1, -0.05) is 23.2 Å². The molecule has 2 aromatic heterocycles. The van der Waals surface area contributed by atoms with E-state index >= 15 is 0 Å². The van der Waals surface area contributed by atoms with Gasteiger partial charge in [0.25, 0.3) is 15.9 Å². The van der Waals surface area contributed by atoms with Crippen LogP contribution in [-0.4, -0.2) is 46.5 Å². The molecule has 0 aliphatic rings. The number of nitrogens with zero attached hydrogens (tertiary/aromatic N) is 4. The van der Waals surface area contributed by atoms with E-state index in [0.717, 1.165) is 4.31 Å². The molecular weight excluding hydrogens is 505 g/mol. The van der Waals surface area contributed by atoms with Gasteiger partial charge in [0.1, 0.15) is 12.2 Å². The molecule has 2 aromatic carbocycles. The van der Waals surface area contributed by atoms with Gasteiger partial charge in [0.05, 0.1) is 28.5 Å². The summed E-state index contributed by atoms with van der Waals surface area (Å²) in [7, 11) is -4.31. The normalized spacial score (nSPS) is 11.5. The van der Waals surface area contributed by atoms with E-state index in [2.05, 4.69) is 9.97 Å². The monoisotopic (exact) mass is 519 g/mol. The van der Waals surface area contributed by atoms with E-state index in [1.165, 1.54) is 42.7 Å². The quantitative estimate of drug-likeness (QED) is 0.380. The van der Waals surface area contributed by atoms with Gasteiger partial charge in [-0.2, -0.15) is 0 Å². The van der Waals surface area contributed by atoms with Gasteiger partial charge in [-0.15, -0.1) is 0 Å². The number of nitrogens with two attached hydrogens (primary N) is 1. The van der Waals surface area contributed by atoms with Crippen LogP contribution < -0.4 is 10.0 Å². The molecule has 4 rings (SSSR count). The van der Waals surface area contributed by atoms with Gasteiger partial charge in [0, 0.05) is 21.6 Å². The molecule has 0 radical (unpaired) electrons. The summed E-state index contributed by atoms with van der Waals surface area (Å²) in [6.07, 6.45) is 4.29. The minimum atomic E-state index is -4.31. The second kappa shape index (κ2) is 8.93. The Morgan fingerprint density at radius 3 is 2.32 bits per heavy atom. The molecule has 0 aliphatic carbocycles. The Morgan fingerprint density at radius 1 is 1.03 bits per heavy atom. The summed E-state index contributed by atoms with van der Waals surface area (Å²) in [5.74, 6) is -1.66. The average molecular weight is 520 g/mol. The standard InChI is InChI=1S/C21H15Cl2N5O5S/c22-13-6-14(23)8-16(7-13)34(32,33)28(11-20(29)30)15-1-2-18-12(5-15)3-4-27(18)19-10-25-17(9-26-19)21(24)31/h1-10H,11H2,(H2,24,31)(H,29,30). The van der Waals surface area contributed by atoms with Crippen LogP contribution in [0.25, 0.3) is 16.7 Å². The molecule has 0 saturated heterocycles. The average Bonchev–Trinajstić information content (AvgIpc) is 3.20. The molecular formula is C21H15Cl2N5O5S. The summed E-state index contributed by atoms with van der Waals surface area (Å²) in [6, 6.07) is 10.1. The Morgan fingerprint density at radius 2 is 1.74 bits per heavy atom. The number of primary amides is 1. The number of aliphatic carboxylic acids is 1. The maximum Gasteiger partial charge on any atom is 0.324 e. The Kier molecular flexibility index (Phi) is 6.17. The Bertz CT molecular complexity index is 1520. The first-order chi connectivity index (χ1) is 16.1. The van der Waals surface area contributed by atoms with Gasteiger partial charge in [-0.25, -0.2) is 18.4 Å². The topological polar surface area (TPSA) is 148 Å². The van der Waals surface area contributed by atoms with Crippen molar-refractivity contribution in [3.05, 3.63) is 76.8 Å². The van der Waals surface area contributed by atoms with Crippen molar-refractivity contribution in [1.29, 1.82) is 0 Å². The second-order valence-corrected chi connectivity index (χ2v) is 9.80. The van der Waals surface area contributed by atoms with Crippen molar-refractivity contribution in [2.75, 3.05) is 10.8 Å². The summed E-state index contributed by atoms with van der Waals surface area (Å²) in [6.45, 7) is -0.821. The molecule has 3 N–H and O–H groups in total. The van der Waals surface area contributed by atoms with Gasteiger partial charge >= 0.3 is 5.97 Å². The molecule has 4 aromatic rings. The molecule has 0 saturated carbocycles. The number of amides is 1. The van der Waals surface area contributed by atoms with Crippen molar-refractivity contribution in [2.24, 2.45) is 5.73 Å². The molecule has 0 fully saturated rings. The lowest BCUT2D eigenvalue weighted by Gasteiger charge is -2.23. The first kappa shape index (κ1) is 23.5. The zero-order chi connectivity index (χ0) is 24.6. The molecule has 2 heterocycles.